The molecule has 23 heavy (non-hydrogen) atoms. The van der Waals surface area contributed by atoms with Crippen LogP contribution in [-0.2, 0) is 19.0 Å². The van der Waals surface area contributed by atoms with Gasteiger partial charge in [0.25, 0.3) is 0 Å². The number of aliphatic hydroxyl groups is 1. The number of rotatable bonds is 4. The maximum absolute atomic E-state index is 13.4. The summed E-state index contributed by atoms with van der Waals surface area (Å²) in [6, 6.07) is 0. The maximum Gasteiger partial charge on any atom is 0.449 e. The molecular weight excluding hydrogens is 331 g/mol. The molecule has 1 rings (SSSR count). The van der Waals surface area contributed by atoms with Gasteiger partial charge in [-0.15, -0.1) is 0 Å². The summed E-state index contributed by atoms with van der Waals surface area (Å²) in [6.07, 6.45) is -5.39. The van der Waals surface area contributed by atoms with E-state index in [1.807, 2.05) is 0 Å². The van der Waals surface area contributed by atoms with Gasteiger partial charge in [-0.1, -0.05) is 6.92 Å². The van der Waals surface area contributed by atoms with Gasteiger partial charge >= 0.3 is 23.9 Å². The smallest absolute Gasteiger partial charge is 0.449 e. The lowest BCUT2D eigenvalue weighted by molar-refractivity contribution is -0.513. The molecule has 0 aromatic carbocycles. The summed E-state index contributed by atoms with van der Waals surface area (Å²) in [7, 11) is 0. The molecule has 0 bridgehead atoms. The van der Waals surface area contributed by atoms with E-state index in [0.717, 1.165) is 6.92 Å². The minimum absolute atomic E-state index is 0.384. The average Bonchev–Trinajstić information content (AvgIpc) is 2.40. The third-order valence-corrected chi connectivity index (χ3v) is 3.70. The highest BCUT2D eigenvalue weighted by atomic mass is 19.4. The zero-order valence-corrected chi connectivity index (χ0v) is 13.1. The van der Waals surface area contributed by atoms with E-state index in [2.05, 4.69) is 9.47 Å². The summed E-state index contributed by atoms with van der Waals surface area (Å²) in [5.41, 5.74) is -0.921. The first-order chi connectivity index (χ1) is 10.1. The molecule has 136 valence electrons. The van der Waals surface area contributed by atoms with E-state index < -0.39 is 48.3 Å². The Hall–Kier alpha value is -1.00. The van der Waals surface area contributed by atoms with Crippen molar-refractivity contribution in [1.29, 1.82) is 0 Å². The molecule has 0 aromatic rings. The van der Waals surface area contributed by atoms with Gasteiger partial charge in [-0.2, -0.15) is 22.0 Å². The van der Waals surface area contributed by atoms with Crippen molar-refractivity contribution in [3.05, 3.63) is 0 Å². The molecule has 1 saturated heterocycles. The van der Waals surface area contributed by atoms with Crippen molar-refractivity contribution in [2.75, 3.05) is 13.2 Å². The molecule has 0 radical (unpaired) electrons. The first-order valence-corrected chi connectivity index (χ1v) is 6.78. The monoisotopic (exact) mass is 350 g/mol. The highest BCUT2D eigenvalue weighted by Gasteiger charge is 2.75. The van der Waals surface area contributed by atoms with Crippen molar-refractivity contribution >= 4 is 5.97 Å². The molecule has 1 heterocycles. The molecule has 0 spiro atoms. The highest BCUT2D eigenvalue weighted by molar-refractivity contribution is 5.75. The second-order valence-corrected chi connectivity index (χ2v) is 6.18. The van der Waals surface area contributed by atoms with E-state index in [1.54, 1.807) is 20.8 Å². The molecular formula is C13H19F5O5. The van der Waals surface area contributed by atoms with E-state index >= 15 is 0 Å². The van der Waals surface area contributed by atoms with Crippen molar-refractivity contribution < 1.29 is 46.1 Å². The standard InChI is InChI=1S/C13H19F5O5/c1-5-9(2,3)8(19)21-6-10(4)22-7-11(14,15)12(20,23-10)13(16,17)18/h20H,5-7H2,1-4H3. The number of halogens is 5. The van der Waals surface area contributed by atoms with Gasteiger partial charge in [0.15, 0.2) is 0 Å². The van der Waals surface area contributed by atoms with E-state index in [0.29, 0.717) is 6.42 Å². The minimum Gasteiger partial charge on any atom is -0.460 e. The summed E-state index contributed by atoms with van der Waals surface area (Å²) in [5, 5.41) is 9.32. The van der Waals surface area contributed by atoms with Gasteiger partial charge in [-0.3, -0.25) is 4.79 Å². The fourth-order valence-electron chi connectivity index (χ4n) is 1.63. The number of hydrogen-bond donors (Lipinski definition) is 1. The number of carbonyl (C=O) groups is 1. The zero-order chi connectivity index (χ0) is 18.3. The van der Waals surface area contributed by atoms with E-state index in [4.69, 9.17) is 4.74 Å². The molecule has 10 heteroatoms. The zero-order valence-electron chi connectivity index (χ0n) is 13.1. The van der Waals surface area contributed by atoms with E-state index in [9.17, 15) is 31.9 Å². The van der Waals surface area contributed by atoms with Gasteiger partial charge in [0.05, 0.1) is 5.41 Å². The molecule has 1 fully saturated rings. The van der Waals surface area contributed by atoms with Gasteiger partial charge in [-0.05, 0) is 27.2 Å². The second-order valence-electron chi connectivity index (χ2n) is 6.18. The molecule has 1 N–H and O–H groups in total. The van der Waals surface area contributed by atoms with Crippen molar-refractivity contribution in [2.24, 2.45) is 5.41 Å². The summed E-state index contributed by atoms with van der Waals surface area (Å²) >= 11 is 0. The quantitative estimate of drug-likeness (QED) is 0.624. The van der Waals surface area contributed by atoms with Crippen LogP contribution in [0.4, 0.5) is 22.0 Å². The third kappa shape index (κ3) is 3.74. The molecule has 1 aliphatic heterocycles. The molecule has 0 aromatic heterocycles. The normalized spacial score (nSPS) is 31.7. The molecule has 2 atom stereocenters. The van der Waals surface area contributed by atoms with E-state index in [1.165, 1.54) is 0 Å². The molecule has 0 saturated carbocycles. The Bertz CT molecular complexity index is 464. The first-order valence-electron chi connectivity index (χ1n) is 6.78. The Morgan fingerprint density at radius 1 is 1.30 bits per heavy atom. The highest BCUT2D eigenvalue weighted by Crippen LogP contribution is 2.48. The van der Waals surface area contributed by atoms with Crippen LogP contribution in [0.5, 0.6) is 0 Å². The van der Waals surface area contributed by atoms with Gasteiger partial charge < -0.3 is 19.3 Å². The fraction of sp³-hybridized carbons (Fsp3) is 0.923. The molecule has 0 aliphatic carbocycles. The Balaban J connectivity index is 2.91. The van der Waals surface area contributed by atoms with E-state index in [-0.39, 0.29) is 0 Å². The lowest BCUT2D eigenvalue weighted by Gasteiger charge is -2.47. The first kappa shape index (κ1) is 20.0. The van der Waals surface area contributed by atoms with Crippen LogP contribution in [0.2, 0.25) is 0 Å². The van der Waals surface area contributed by atoms with Gasteiger partial charge in [0.1, 0.15) is 13.2 Å². The lowest BCUT2D eigenvalue weighted by Crippen LogP contribution is -2.70. The summed E-state index contributed by atoms with van der Waals surface area (Å²) in [5.74, 6) is -12.6. The average molecular weight is 350 g/mol. The van der Waals surface area contributed by atoms with Crippen LogP contribution in [0.3, 0.4) is 0 Å². The third-order valence-electron chi connectivity index (χ3n) is 3.70. The van der Waals surface area contributed by atoms with Crippen LogP contribution in [0.15, 0.2) is 0 Å². The SMILES string of the molecule is CCC(C)(C)C(=O)OCC1(C)OCC(F)(F)C(O)(C(F)(F)F)O1. The predicted octanol–water partition coefficient (Wildman–Crippen LogP) is 2.62. The topological polar surface area (TPSA) is 65.0 Å². The maximum atomic E-state index is 13.4. The van der Waals surface area contributed by atoms with Gasteiger partial charge in [0.2, 0.25) is 5.79 Å². The predicted molar refractivity (Wildman–Crippen MR) is 66.4 cm³/mol. The minimum atomic E-state index is -5.77. The number of carbonyl (C=O) groups excluding carboxylic acids is 1. The van der Waals surface area contributed by atoms with Gasteiger partial charge in [-0.25, -0.2) is 0 Å². The number of hydrogen-bond acceptors (Lipinski definition) is 5. The molecule has 5 nitrogen and oxygen atoms in total. The van der Waals surface area contributed by atoms with Crippen molar-refractivity contribution in [3.8, 4) is 0 Å². The largest absolute Gasteiger partial charge is 0.460 e. The molecule has 0 amide bonds. The van der Waals surface area contributed by atoms with Gasteiger partial charge in [0, 0.05) is 0 Å². The Morgan fingerprint density at radius 3 is 2.26 bits per heavy atom. The van der Waals surface area contributed by atoms with Crippen LogP contribution in [0.1, 0.15) is 34.1 Å². The van der Waals surface area contributed by atoms with Crippen LogP contribution < -0.4 is 0 Å². The van der Waals surface area contributed by atoms with Crippen LogP contribution in [0.25, 0.3) is 0 Å². The van der Waals surface area contributed by atoms with Crippen LogP contribution in [-0.4, -0.2) is 48.0 Å². The number of esters is 1. The molecule has 1 aliphatic rings. The van der Waals surface area contributed by atoms with Crippen LogP contribution >= 0.6 is 0 Å². The van der Waals surface area contributed by atoms with Crippen molar-refractivity contribution in [1.82, 2.24) is 0 Å². The Morgan fingerprint density at radius 2 is 1.83 bits per heavy atom. The Kier molecular flexibility index (Phi) is 5.07. The van der Waals surface area contributed by atoms with Crippen LogP contribution in [0, 0.1) is 5.41 Å². The summed E-state index contributed by atoms with van der Waals surface area (Å²) in [6.45, 7) is 3.02. The lowest BCUT2D eigenvalue weighted by atomic mass is 9.91. The number of ether oxygens (including phenoxy) is 3. The molecule has 2 unspecified atom stereocenters. The second kappa shape index (κ2) is 5.82. The number of alkyl halides is 5. The summed E-state index contributed by atoms with van der Waals surface area (Å²) in [4.78, 5) is 11.8. The van der Waals surface area contributed by atoms with Crippen molar-refractivity contribution in [2.45, 2.75) is 57.8 Å². The summed E-state index contributed by atoms with van der Waals surface area (Å²) < 4.78 is 78.7. The van der Waals surface area contributed by atoms with Crippen molar-refractivity contribution in [3.63, 3.8) is 0 Å². The fourth-order valence-corrected chi connectivity index (χ4v) is 1.63. The Labute approximate surface area is 129 Å².